The maximum atomic E-state index is 14.9. The number of alkyl halides is 3. The van der Waals surface area contributed by atoms with Crippen molar-refractivity contribution in [3.8, 4) is 0 Å². The van der Waals surface area contributed by atoms with Gasteiger partial charge in [-0.15, -0.1) is 10.0 Å². The summed E-state index contributed by atoms with van der Waals surface area (Å²) in [5, 5.41) is 52.6. The highest BCUT2D eigenvalue weighted by Gasteiger charge is 2.56. The molecule has 0 bridgehead atoms. The van der Waals surface area contributed by atoms with Crippen LogP contribution < -0.4 is 0 Å². The Hall–Kier alpha value is -3.76. The minimum absolute atomic E-state index is 0.110. The first-order valence-corrected chi connectivity index (χ1v) is 29.3. The Morgan fingerprint density at radius 3 is 2.15 bits per heavy atom. The number of likely N-dealkylation sites (N-methyl/N-ethyl adjacent to an activating group) is 1. The number of ether oxygens (including phenoxy) is 7. The zero-order valence-corrected chi connectivity index (χ0v) is 49.9. The lowest BCUT2D eigenvalue weighted by Gasteiger charge is -2.52. The van der Waals surface area contributed by atoms with Gasteiger partial charge >= 0.3 is 11.7 Å². The molecule has 0 saturated carbocycles. The topological polar surface area (TPSA) is 261 Å². The minimum atomic E-state index is -4.82. The number of halogens is 3. The van der Waals surface area contributed by atoms with Crippen LogP contribution >= 0.6 is 0 Å². The number of esters is 1. The molecule has 21 nitrogen and oxygen atoms in total. The van der Waals surface area contributed by atoms with Gasteiger partial charge in [-0.25, -0.2) is 17.5 Å². The third kappa shape index (κ3) is 14.4. The molecule has 1 aromatic heterocycles. The second kappa shape index (κ2) is 28.2. The van der Waals surface area contributed by atoms with Crippen LogP contribution in [-0.4, -0.2) is 187 Å². The summed E-state index contributed by atoms with van der Waals surface area (Å²) in [7, 11) is 1.48. The van der Waals surface area contributed by atoms with Gasteiger partial charge < -0.3 is 58.2 Å². The largest absolute Gasteiger partial charge is 0.459 e. The molecule has 4 heterocycles. The van der Waals surface area contributed by atoms with E-state index in [0.29, 0.717) is 42.8 Å². The Labute approximate surface area is 469 Å². The smallest absolute Gasteiger partial charge is 0.341 e. The van der Waals surface area contributed by atoms with Gasteiger partial charge in [0.05, 0.1) is 70.0 Å². The molecule has 3 aliphatic heterocycles. The van der Waals surface area contributed by atoms with E-state index in [1.165, 1.54) is 45.1 Å². The molecule has 0 radical (unpaired) electrons. The summed E-state index contributed by atoms with van der Waals surface area (Å²) in [4.78, 5) is 34.9. The third-order valence-electron chi connectivity index (χ3n) is 17.6. The molecule has 25 heteroatoms. The number of aliphatic hydroxyl groups excluding tert-OH is 3. The average molecular weight is 1160 g/mol. The van der Waals surface area contributed by atoms with Gasteiger partial charge in [0.2, 0.25) is 16.6 Å². The highest BCUT2D eigenvalue weighted by Crippen LogP contribution is 2.46. The van der Waals surface area contributed by atoms with Crippen LogP contribution in [0.2, 0.25) is 0 Å². The molecule has 0 amide bonds. The molecule has 3 N–H and O–H groups in total. The summed E-state index contributed by atoms with van der Waals surface area (Å²) in [6.45, 7) is 18.6. The number of methoxy groups -OCH3 is 3. The lowest BCUT2D eigenvalue weighted by Crippen LogP contribution is -2.62. The summed E-state index contributed by atoms with van der Waals surface area (Å²) in [5.41, 5.74) is -2.92. The maximum absolute atomic E-state index is 14.9. The van der Waals surface area contributed by atoms with Crippen LogP contribution in [-0.2, 0) is 59.0 Å². The van der Waals surface area contributed by atoms with Gasteiger partial charge in [0.1, 0.15) is 25.0 Å². The van der Waals surface area contributed by atoms with Gasteiger partial charge in [0, 0.05) is 76.6 Å². The van der Waals surface area contributed by atoms with Crippen molar-refractivity contribution in [3.63, 3.8) is 0 Å². The van der Waals surface area contributed by atoms with Crippen LogP contribution in [0.4, 0.5) is 13.2 Å². The van der Waals surface area contributed by atoms with Crippen LogP contribution in [0, 0.1) is 34.5 Å². The van der Waals surface area contributed by atoms with E-state index in [1.807, 2.05) is 46.6 Å². The number of aromatic nitrogens is 3. The quantitative estimate of drug-likeness (QED) is 0.0381. The molecule has 3 saturated heterocycles. The Kier molecular flexibility index (Phi) is 23.6. The predicted octanol–water partition coefficient (Wildman–Crippen LogP) is 6.80. The predicted molar refractivity (Wildman–Crippen MR) is 289 cm³/mol. The lowest BCUT2D eigenvalue weighted by molar-refractivity contribution is -0.304. The normalized spacial score (nSPS) is 37.5. The van der Waals surface area contributed by atoms with Gasteiger partial charge in [0.25, 0.3) is 0 Å². The van der Waals surface area contributed by atoms with Gasteiger partial charge in [-0.05, 0) is 91.0 Å². The zero-order valence-electron chi connectivity index (χ0n) is 49.1. The van der Waals surface area contributed by atoms with Crippen molar-refractivity contribution in [3.05, 3.63) is 46.6 Å². The van der Waals surface area contributed by atoms with E-state index in [1.54, 1.807) is 40.8 Å². The standard InChI is InChI=1S/C55H89F3N6O15S/c1-16-39(36-18-20-38(21-19-36)80(70,71)52(57)58)41(27-56)64-28-37(59-62-64)22-23-63(12)40-24-31(4)76-51(46(40)65)79-49-32(5)44(42-26-53(9,73-14)48(67)35(8)77-42)33(6)50(68)78-43(17-2)55(11,61-69)47(66)34(7)45(60-75-29-72-13)30(3)25-54(49,10)74-15/h18-21,28,30-35,39-44,46-49,51-52,65-67H,16-17,22-27,29H2,1-15H3/b60-45+/t30-,31-,32+,33-,34+,35+,39-,40+,41-,42?,43-,44+,46-,47-,48+,49-,51+,53-,54-,55-/m1/s1. The number of hydrogen-bond acceptors (Lipinski definition) is 20. The Morgan fingerprint density at radius 2 is 1.59 bits per heavy atom. The summed E-state index contributed by atoms with van der Waals surface area (Å²) in [5.74, 6) is -8.80. The summed E-state index contributed by atoms with van der Waals surface area (Å²) in [6.07, 6.45) is -6.25. The Morgan fingerprint density at radius 1 is 0.938 bits per heavy atom. The molecule has 2 aromatic rings. The summed E-state index contributed by atoms with van der Waals surface area (Å²) >= 11 is 0. The molecular formula is C55H89F3N6O15S. The van der Waals surface area contributed by atoms with E-state index in [2.05, 4.69) is 20.6 Å². The summed E-state index contributed by atoms with van der Waals surface area (Å²) in [6, 6.07) is 3.60. The number of nitrogens with zero attached hydrogens (tertiary/aromatic N) is 6. The first kappa shape index (κ1) is 67.0. The second-order valence-corrected chi connectivity index (χ2v) is 24.9. The van der Waals surface area contributed by atoms with Crippen molar-refractivity contribution >= 4 is 21.5 Å². The number of carbonyl (C=O) groups is 1. The Balaban J connectivity index is 1.52. The van der Waals surface area contributed by atoms with Crippen LogP contribution in [0.5, 0.6) is 0 Å². The number of cyclic esters (lactones) is 1. The van der Waals surface area contributed by atoms with Crippen molar-refractivity contribution in [2.45, 2.75) is 215 Å². The van der Waals surface area contributed by atoms with Crippen LogP contribution in [0.15, 0.2) is 45.7 Å². The molecule has 0 aliphatic carbocycles. The molecule has 456 valence electrons. The average Bonchev–Trinajstić information content (AvgIpc) is 3.93. The van der Waals surface area contributed by atoms with E-state index >= 15 is 0 Å². The highest BCUT2D eigenvalue weighted by molar-refractivity contribution is 7.91. The Bertz CT molecular complexity index is 2450. The molecular weight excluding hydrogens is 1070 g/mol. The van der Waals surface area contributed by atoms with E-state index < -0.39 is 153 Å². The van der Waals surface area contributed by atoms with Crippen molar-refractivity contribution in [1.82, 2.24) is 19.9 Å². The van der Waals surface area contributed by atoms with Gasteiger partial charge in [-0.1, -0.05) is 69.2 Å². The highest BCUT2D eigenvalue weighted by atomic mass is 32.2. The maximum Gasteiger partial charge on any atom is 0.341 e. The monoisotopic (exact) mass is 1160 g/mol. The van der Waals surface area contributed by atoms with E-state index in [9.17, 15) is 46.6 Å². The van der Waals surface area contributed by atoms with E-state index in [0.717, 1.165) is 12.1 Å². The first-order chi connectivity index (χ1) is 37.6. The fraction of sp³-hybridized carbons (Fsp3) is 0.818. The number of benzene rings is 1. The van der Waals surface area contributed by atoms with E-state index in [4.69, 9.17) is 38.0 Å². The number of hydrogen-bond donors (Lipinski definition) is 3. The number of oxime groups is 1. The van der Waals surface area contributed by atoms with Crippen LogP contribution in [0.25, 0.3) is 0 Å². The number of carbonyl (C=O) groups excluding carboxylic acids is 1. The van der Waals surface area contributed by atoms with Crippen molar-refractivity contribution in [1.29, 1.82) is 0 Å². The molecule has 0 spiro atoms. The fourth-order valence-electron chi connectivity index (χ4n) is 12.7. The number of aliphatic hydroxyl groups is 3. The lowest BCUT2D eigenvalue weighted by atomic mass is 9.67. The number of sulfone groups is 1. The van der Waals surface area contributed by atoms with Crippen LogP contribution in [0.1, 0.15) is 131 Å². The zero-order chi connectivity index (χ0) is 59.8. The SMILES string of the molecule is CC[C@H](c1ccc(S(=O)(=O)C(F)F)cc1)[C@@H](CF)n1cc(CCN(C)[C@H]2C[C@@H](C)O[C@@H](O[C@@H]3[C@@H](C)[C@H](C4C[C@@](C)(OC)[C@@H](O)[C@H](C)O4)[C@@H](C)C(=O)O[C@H](CC)[C@@](C)(N=O)[C@H](O)[C@@H](C)/C(=N/OCOC)[C@H](C)C[C@@]3(C)OC)[C@@H]2O)nn1. The second-order valence-electron chi connectivity index (χ2n) is 23.0. The van der Waals surface area contributed by atoms with Crippen molar-refractivity contribution in [2.24, 2.45) is 39.9 Å². The number of nitroso groups, excluding NO2 is 1. The van der Waals surface area contributed by atoms with Gasteiger partial charge in [-0.2, -0.15) is 8.78 Å². The molecule has 80 heavy (non-hydrogen) atoms. The molecule has 1 unspecified atom stereocenters. The van der Waals surface area contributed by atoms with Crippen molar-refractivity contribution in [2.75, 3.05) is 48.4 Å². The molecule has 20 atom stereocenters. The van der Waals surface area contributed by atoms with Crippen LogP contribution in [0.3, 0.4) is 0 Å². The minimum Gasteiger partial charge on any atom is -0.459 e. The fourth-order valence-corrected chi connectivity index (χ4v) is 13.4. The van der Waals surface area contributed by atoms with Crippen molar-refractivity contribution < 1.29 is 79.7 Å². The molecule has 3 aliphatic rings. The molecule has 1 aromatic carbocycles. The van der Waals surface area contributed by atoms with E-state index in [-0.39, 0.29) is 26.1 Å². The molecule has 3 fully saturated rings. The van der Waals surface area contributed by atoms with Gasteiger partial charge in [-0.3, -0.25) is 4.79 Å². The number of rotatable bonds is 21. The third-order valence-corrected chi connectivity index (χ3v) is 19.0. The summed E-state index contributed by atoms with van der Waals surface area (Å²) < 4.78 is 111. The molecule has 5 rings (SSSR count). The van der Waals surface area contributed by atoms with Gasteiger partial charge in [0.15, 0.2) is 11.8 Å². The first-order valence-electron chi connectivity index (χ1n) is 27.7.